The maximum Gasteiger partial charge on any atom is 0.132 e. The van der Waals surface area contributed by atoms with Gasteiger partial charge in [-0.2, -0.15) is 0 Å². The molecule has 2 nitrogen and oxygen atoms in total. The zero-order chi connectivity index (χ0) is 18.0. The van der Waals surface area contributed by atoms with Crippen molar-refractivity contribution in [2.75, 3.05) is 0 Å². The molecule has 0 aromatic carbocycles. The number of aliphatic hydroxyl groups is 1. The molecule has 25 heavy (non-hydrogen) atoms. The third-order valence-electron chi connectivity index (χ3n) is 9.56. The van der Waals surface area contributed by atoms with Crippen LogP contribution in [0.25, 0.3) is 0 Å². The van der Waals surface area contributed by atoms with E-state index in [-0.39, 0.29) is 5.92 Å². The normalized spacial score (nSPS) is 53.5. The van der Waals surface area contributed by atoms with E-state index < -0.39 is 5.60 Å². The van der Waals surface area contributed by atoms with Crippen molar-refractivity contribution in [2.45, 2.75) is 91.1 Å². The Kier molecular flexibility index (Phi) is 4.38. The lowest BCUT2D eigenvalue weighted by atomic mass is 9.48. The molecule has 0 aromatic heterocycles. The average molecular weight is 347 g/mol. The van der Waals surface area contributed by atoms with Gasteiger partial charge in [0.05, 0.1) is 5.60 Å². The van der Waals surface area contributed by atoms with Gasteiger partial charge in [0, 0.05) is 5.92 Å². The molecule has 142 valence electrons. The summed E-state index contributed by atoms with van der Waals surface area (Å²) in [5.41, 5.74) is -0.00813. The van der Waals surface area contributed by atoms with Crippen LogP contribution < -0.4 is 0 Å². The summed E-state index contributed by atoms with van der Waals surface area (Å²) < 4.78 is 0. The van der Waals surface area contributed by atoms with E-state index >= 15 is 0 Å². The lowest BCUT2D eigenvalue weighted by Gasteiger charge is -2.57. The van der Waals surface area contributed by atoms with Crippen LogP contribution in [0, 0.1) is 46.8 Å². The molecular formula is C23H38O2. The zero-order valence-electron chi connectivity index (χ0n) is 16.8. The van der Waals surface area contributed by atoms with Crippen LogP contribution in [0.15, 0.2) is 0 Å². The molecule has 1 N–H and O–H groups in total. The van der Waals surface area contributed by atoms with Crippen LogP contribution in [0.2, 0.25) is 0 Å². The Labute approximate surface area is 154 Å². The second-order valence-corrected chi connectivity index (χ2v) is 10.8. The predicted octanol–water partition coefficient (Wildman–Crippen LogP) is 5.23. The van der Waals surface area contributed by atoms with Crippen molar-refractivity contribution in [1.29, 1.82) is 0 Å². The van der Waals surface area contributed by atoms with Crippen LogP contribution in [0.4, 0.5) is 0 Å². The van der Waals surface area contributed by atoms with Gasteiger partial charge in [-0.25, -0.2) is 0 Å². The second kappa shape index (κ2) is 6.08. The van der Waals surface area contributed by atoms with Crippen molar-refractivity contribution in [2.24, 2.45) is 46.8 Å². The minimum Gasteiger partial charge on any atom is -0.390 e. The fourth-order valence-corrected chi connectivity index (χ4v) is 8.23. The number of fused-ring (bicyclic) bond motifs is 5. The van der Waals surface area contributed by atoms with Gasteiger partial charge in [0.15, 0.2) is 0 Å². The van der Waals surface area contributed by atoms with Gasteiger partial charge in [0.1, 0.15) is 5.78 Å². The van der Waals surface area contributed by atoms with Crippen LogP contribution in [0.1, 0.15) is 85.5 Å². The van der Waals surface area contributed by atoms with Crippen molar-refractivity contribution >= 4 is 5.78 Å². The minimum absolute atomic E-state index is 0.243. The largest absolute Gasteiger partial charge is 0.390 e. The highest BCUT2D eigenvalue weighted by Crippen LogP contribution is 2.65. The summed E-state index contributed by atoms with van der Waals surface area (Å²) in [6, 6.07) is 0. The molecule has 2 heteroatoms. The van der Waals surface area contributed by atoms with E-state index in [1.165, 1.54) is 44.9 Å². The number of hydrogen-bond acceptors (Lipinski definition) is 2. The van der Waals surface area contributed by atoms with Gasteiger partial charge in [0.25, 0.3) is 0 Å². The Morgan fingerprint density at radius 1 is 0.960 bits per heavy atom. The number of carbonyl (C=O) groups excluding carboxylic acids is 1. The quantitative estimate of drug-likeness (QED) is 0.743. The molecule has 4 aliphatic rings. The molecule has 0 spiro atoms. The van der Waals surface area contributed by atoms with Crippen molar-refractivity contribution in [3.63, 3.8) is 0 Å². The van der Waals surface area contributed by atoms with E-state index in [9.17, 15) is 9.90 Å². The molecule has 0 radical (unpaired) electrons. The van der Waals surface area contributed by atoms with Crippen molar-refractivity contribution in [1.82, 2.24) is 0 Å². The first-order chi connectivity index (χ1) is 11.7. The van der Waals surface area contributed by atoms with Crippen molar-refractivity contribution in [3.8, 4) is 0 Å². The molecule has 0 saturated heterocycles. The Morgan fingerprint density at radius 2 is 1.68 bits per heavy atom. The Hall–Kier alpha value is -0.370. The number of hydrogen-bond donors (Lipinski definition) is 1. The molecule has 0 aliphatic heterocycles. The van der Waals surface area contributed by atoms with E-state index in [0.29, 0.717) is 17.1 Å². The van der Waals surface area contributed by atoms with Gasteiger partial charge in [-0.3, -0.25) is 4.79 Å². The molecule has 4 saturated carbocycles. The van der Waals surface area contributed by atoms with E-state index in [2.05, 4.69) is 20.8 Å². The van der Waals surface area contributed by atoms with Gasteiger partial charge in [-0.15, -0.1) is 0 Å². The summed E-state index contributed by atoms with van der Waals surface area (Å²) in [6.07, 6.45) is 11.3. The zero-order valence-corrected chi connectivity index (χ0v) is 16.8. The Morgan fingerprint density at radius 3 is 2.40 bits per heavy atom. The first-order valence-electron chi connectivity index (χ1n) is 11.0. The van der Waals surface area contributed by atoms with E-state index in [0.717, 1.165) is 42.4 Å². The monoisotopic (exact) mass is 346 g/mol. The molecule has 4 aliphatic carbocycles. The topological polar surface area (TPSA) is 37.3 Å². The lowest BCUT2D eigenvalue weighted by Crippen LogP contribution is -2.51. The summed E-state index contributed by atoms with van der Waals surface area (Å²) in [6.45, 7) is 8.57. The number of rotatable bonds is 2. The fraction of sp³-hybridized carbons (Fsp3) is 0.957. The smallest absolute Gasteiger partial charge is 0.132 e. The van der Waals surface area contributed by atoms with Gasteiger partial charge in [-0.05, 0) is 113 Å². The predicted molar refractivity (Wildman–Crippen MR) is 101 cm³/mol. The van der Waals surface area contributed by atoms with Gasteiger partial charge in [0.2, 0.25) is 0 Å². The van der Waals surface area contributed by atoms with Crippen LogP contribution in [0.5, 0.6) is 0 Å². The van der Waals surface area contributed by atoms with E-state index in [1.54, 1.807) is 6.92 Å². The number of Topliss-reactive ketones (excluding diaryl/α,β-unsaturated/α-hetero) is 1. The van der Waals surface area contributed by atoms with Crippen LogP contribution >= 0.6 is 0 Å². The number of carbonyl (C=O) groups is 1. The molecule has 0 aromatic rings. The SMILES string of the molecule is CC(=O)C(C)[C@H]1CC[C@H]2[C@@H]3CC[C@@H]4C[C@](C)(O)CC[C@@H]4[C@H]3CC[C@]12C. The van der Waals surface area contributed by atoms with Gasteiger partial charge < -0.3 is 5.11 Å². The second-order valence-electron chi connectivity index (χ2n) is 10.8. The third kappa shape index (κ3) is 2.82. The molecule has 0 heterocycles. The average Bonchev–Trinajstić information content (AvgIpc) is 2.89. The summed E-state index contributed by atoms with van der Waals surface area (Å²) in [4.78, 5) is 12.1. The highest BCUT2D eigenvalue weighted by Gasteiger charge is 2.58. The van der Waals surface area contributed by atoms with Gasteiger partial charge >= 0.3 is 0 Å². The maximum absolute atomic E-state index is 12.1. The van der Waals surface area contributed by atoms with Crippen molar-refractivity contribution < 1.29 is 9.90 Å². The van der Waals surface area contributed by atoms with E-state index in [4.69, 9.17) is 0 Å². The standard InChI is InChI=1S/C23H38O2/c1-14(15(2)24)20-7-8-21-19-6-5-16-13-22(3,25)11-9-17(16)18(19)10-12-23(20,21)4/h14,16-21,25H,5-13H2,1-4H3/t14?,16-,17+,18-,19-,20-,21+,22-,23-/m1/s1. The summed E-state index contributed by atoms with van der Waals surface area (Å²) >= 11 is 0. The van der Waals surface area contributed by atoms with Crippen LogP contribution in [-0.4, -0.2) is 16.5 Å². The highest BCUT2D eigenvalue weighted by molar-refractivity contribution is 5.78. The summed E-state index contributed by atoms with van der Waals surface area (Å²) in [5, 5.41) is 10.5. The molecule has 0 bridgehead atoms. The molecule has 1 unspecified atom stereocenters. The maximum atomic E-state index is 12.1. The highest BCUT2D eigenvalue weighted by atomic mass is 16.3. The van der Waals surface area contributed by atoms with Crippen molar-refractivity contribution in [3.05, 3.63) is 0 Å². The first kappa shape index (κ1) is 18.0. The summed E-state index contributed by atoms with van der Waals surface area (Å²) in [7, 11) is 0. The molecule has 9 atom stereocenters. The summed E-state index contributed by atoms with van der Waals surface area (Å²) in [5.74, 6) is 5.53. The van der Waals surface area contributed by atoms with E-state index in [1.807, 2.05) is 0 Å². The Bertz CT molecular complexity index is 538. The first-order valence-corrected chi connectivity index (χ1v) is 11.0. The molecular weight excluding hydrogens is 308 g/mol. The van der Waals surface area contributed by atoms with Crippen LogP contribution in [-0.2, 0) is 4.79 Å². The molecule has 4 rings (SSSR count). The minimum atomic E-state index is -0.410. The third-order valence-corrected chi connectivity index (χ3v) is 9.56. The molecule has 4 fully saturated rings. The lowest BCUT2D eigenvalue weighted by molar-refractivity contribution is -0.126. The Balaban J connectivity index is 1.54. The number of ketones is 1. The fourth-order valence-electron chi connectivity index (χ4n) is 8.23. The van der Waals surface area contributed by atoms with Crippen LogP contribution in [0.3, 0.4) is 0 Å². The van der Waals surface area contributed by atoms with Gasteiger partial charge in [-0.1, -0.05) is 13.8 Å². The molecule has 0 amide bonds.